The maximum Gasteiger partial charge on any atom is 0.232 e. The Bertz CT molecular complexity index is 380. The fourth-order valence-electron chi connectivity index (χ4n) is 1.90. The fraction of sp³-hybridized carbons (Fsp3) is 0.500. The predicted octanol–water partition coefficient (Wildman–Crippen LogP) is 3.49. The van der Waals surface area contributed by atoms with Crippen LogP contribution in [0.25, 0.3) is 0 Å². The zero-order chi connectivity index (χ0) is 13.1. The van der Waals surface area contributed by atoms with Gasteiger partial charge in [0.25, 0.3) is 0 Å². The Kier molecular flexibility index (Phi) is 4.58. The lowest BCUT2D eigenvalue weighted by atomic mass is 9.83. The van der Waals surface area contributed by atoms with E-state index < -0.39 is 5.41 Å². The minimum Gasteiger partial charge on any atom is -0.343 e. The number of hydrogen-bond donors (Lipinski definition) is 0. The first-order valence-electron chi connectivity index (χ1n) is 5.98. The third kappa shape index (κ3) is 3.01. The molecule has 0 saturated heterocycles. The van der Waals surface area contributed by atoms with Gasteiger partial charge in [-0.15, -0.1) is 0 Å². The zero-order valence-electron chi connectivity index (χ0n) is 11.0. The van der Waals surface area contributed by atoms with Crippen LogP contribution in [0.15, 0.2) is 24.3 Å². The van der Waals surface area contributed by atoms with Crippen LogP contribution in [0, 0.1) is 0 Å². The van der Waals surface area contributed by atoms with Crippen LogP contribution in [0.4, 0.5) is 0 Å². The van der Waals surface area contributed by atoms with E-state index in [2.05, 4.69) is 0 Å². The third-order valence-corrected chi connectivity index (χ3v) is 3.40. The van der Waals surface area contributed by atoms with Crippen molar-refractivity contribution in [1.29, 1.82) is 0 Å². The van der Waals surface area contributed by atoms with Crippen LogP contribution < -0.4 is 0 Å². The number of halogens is 1. The first kappa shape index (κ1) is 14.0. The molecule has 1 aromatic carbocycles. The highest BCUT2D eigenvalue weighted by atomic mass is 35.5. The van der Waals surface area contributed by atoms with Crippen molar-refractivity contribution < 1.29 is 4.79 Å². The molecule has 17 heavy (non-hydrogen) atoms. The molecule has 2 nitrogen and oxygen atoms in total. The highest BCUT2D eigenvalue weighted by Gasteiger charge is 2.32. The SMILES string of the molecule is CCN(CC)C(=O)C(C)(C)c1ccc(Cl)cc1. The van der Waals surface area contributed by atoms with E-state index in [0.717, 1.165) is 18.7 Å². The van der Waals surface area contributed by atoms with E-state index in [1.165, 1.54) is 0 Å². The van der Waals surface area contributed by atoms with E-state index >= 15 is 0 Å². The second-order valence-electron chi connectivity index (χ2n) is 4.61. The number of carbonyl (C=O) groups is 1. The summed E-state index contributed by atoms with van der Waals surface area (Å²) in [4.78, 5) is 14.3. The van der Waals surface area contributed by atoms with E-state index in [4.69, 9.17) is 11.6 Å². The van der Waals surface area contributed by atoms with Gasteiger partial charge in [0.1, 0.15) is 0 Å². The first-order valence-corrected chi connectivity index (χ1v) is 6.36. The number of benzene rings is 1. The van der Waals surface area contributed by atoms with Crippen molar-refractivity contribution in [1.82, 2.24) is 4.90 Å². The molecule has 0 aliphatic heterocycles. The molecule has 1 rings (SSSR count). The van der Waals surface area contributed by atoms with Crippen LogP contribution in [0.2, 0.25) is 5.02 Å². The Morgan fingerprint density at radius 2 is 1.65 bits per heavy atom. The summed E-state index contributed by atoms with van der Waals surface area (Å²) < 4.78 is 0. The minimum atomic E-state index is -0.503. The Balaban J connectivity index is 3.01. The highest BCUT2D eigenvalue weighted by Crippen LogP contribution is 2.26. The van der Waals surface area contributed by atoms with Gasteiger partial charge in [0, 0.05) is 18.1 Å². The smallest absolute Gasteiger partial charge is 0.232 e. The zero-order valence-corrected chi connectivity index (χ0v) is 11.7. The largest absolute Gasteiger partial charge is 0.343 e. The lowest BCUT2D eigenvalue weighted by Gasteiger charge is -2.31. The summed E-state index contributed by atoms with van der Waals surface area (Å²) in [5.74, 6) is 0.157. The lowest BCUT2D eigenvalue weighted by Crippen LogP contribution is -2.43. The minimum absolute atomic E-state index is 0.157. The second-order valence-corrected chi connectivity index (χ2v) is 5.05. The van der Waals surface area contributed by atoms with Crippen molar-refractivity contribution in [3.05, 3.63) is 34.9 Å². The molecule has 0 spiro atoms. The van der Waals surface area contributed by atoms with Crippen molar-refractivity contribution in [2.24, 2.45) is 0 Å². The third-order valence-electron chi connectivity index (χ3n) is 3.15. The molecular weight excluding hydrogens is 234 g/mol. The van der Waals surface area contributed by atoms with Gasteiger partial charge < -0.3 is 4.90 Å². The molecule has 1 aromatic rings. The molecule has 0 unspecified atom stereocenters. The monoisotopic (exact) mass is 253 g/mol. The molecule has 1 amide bonds. The molecule has 0 aliphatic carbocycles. The van der Waals surface area contributed by atoms with Gasteiger partial charge in [-0.1, -0.05) is 23.7 Å². The van der Waals surface area contributed by atoms with Gasteiger partial charge in [-0.25, -0.2) is 0 Å². The average Bonchev–Trinajstić information content (AvgIpc) is 2.31. The Morgan fingerprint density at radius 1 is 1.18 bits per heavy atom. The molecule has 0 bridgehead atoms. The summed E-state index contributed by atoms with van der Waals surface area (Å²) >= 11 is 5.86. The van der Waals surface area contributed by atoms with Crippen molar-refractivity contribution in [3.63, 3.8) is 0 Å². The summed E-state index contributed by atoms with van der Waals surface area (Å²) in [6, 6.07) is 7.50. The molecule has 0 atom stereocenters. The normalized spacial score (nSPS) is 11.4. The molecule has 0 radical (unpaired) electrons. The van der Waals surface area contributed by atoms with Gasteiger partial charge >= 0.3 is 0 Å². The second kappa shape index (κ2) is 5.54. The molecule has 94 valence electrons. The Labute approximate surface area is 109 Å². The molecule has 3 heteroatoms. The van der Waals surface area contributed by atoms with Crippen LogP contribution in [0.5, 0.6) is 0 Å². The summed E-state index contributed by atoms with van der Waals surface area (Å²) in [5, 5.41) is 0.694. The maximum atomic E-state index is 12.4. The van der Waals surface area contributed by atoms with E-state index in [1.54, 1.807) is 0 Å². The molecule has 0 fully saturated rings. The number of likely N-dealkylation sites (N-methyl/N-ethyl adjacent to an activating group) is 1. The van der Waals surface area contributed by atoms with E-state index in [0.29, 0.717) is 5.02 Å². The van der Waals surface area contributed by atoms with Gasteiger partial charge in [0.05, 0.1) is 5.41 Å². The summed E-state index contributed by atoms with van der Waals surface area (Å²) in [6.45, 7) is 9.39. The average molecular weight is 254 g/mol. The summed E-state index contributed by atoms with van der Waals surface area (Å²) in [5.41, 5.74) is 0.496. The van der Waals surface area contributed by atoms with Crippen LogP contribution in [-0.2, 0) is 10.2 Å². The van der Waals surface area contributed by atoms with Crippen LogP contribution >= 0.6 is 11.6 Å². The number of amides is 1. The van der Waals surface area contributed by atoms with Gasteiger partial charge in [-0.05, 0) is 45.4 Å². The molecule has 0 heterocycles. The van der Waals surface area contributed by atoms with Crippen molar-refractivity contribution in [3.8, 4) is 0 Å². The predicted molar refractivity (Wildman–Crippen MR) is 72.4 cm³/mol. The molecular formula is C14H20ClNO. The number of carbonyl (C=O) groups excluding carboxylic acids is 1. The highest BCUT2D eigenvalue weighted by molar-refractivity contribution is 6.30. The van der Waals surface area contributed by atoms with Gasteiger partial charge in [0.2, 0.25) is 5.91 Å². The first-order chi connectivity index (χ1) is 7.93. The maximum absolute atomic E-state index is 12.4. The Morgan fingerprint density at radius 3 is 2.06 bits per heavy atom. The van der Waals surface area contributed by atoms with Crippen LogP contribution in [0.3, 0.4) is 0 Å². The van der Waals surface area contributed by atoms with Gasteiger partial charge in [-0.2, -0.15) is 0 Å². The molecule has 0 N–H and O–H groups in total. The van der Waals surface area contributed by atoms with E-state index in [-0.39, 0.29) is 5.91 Å². The van der Waals surface area contributed by atoms with Crippen LogP contribution in [-0.4, -0.2) is 23.9 Å². The standard InChI is InChI=1S/C14H20ClNO/c1-5-16(6-2)13(17)14(3,4)11-7-9-12(15)10-8-11/h7-10H,5-6H2,1-4H3. The van der Waals surface area contributed by atoms with E-state index in [1.807, 2.05) is 56.9 Å². The molecule has 0 aromatic heterocycles. The van der Waals surface area contributed by atoms with Gasteiger partial charge in [-0.3, -0.25) is 4.79 Å². The van der Waals surface area contributed by atoms with Crippen molar-refractivity contribution in [2.45, 2.75) is 33.1 Å². The topological polar surface area (TPSA) is 20.3 Å². The quantitative estimate of drug-likeness (QED) is 0.805. The molecule has 0 aliphatic rings. The fourth-order valence-corrected chi connectivity index (χ4v) is 2.02. The number of nitrogens with zero attached hydrogens (tertiary/aromatic N) is 1. The molecule has 0 saturated carbocycles. The lowest BCUT2D eigenvalue weighted by molar-refractivity contribution is -0.135. The van der Waals surface area contributed by atoms with Crippen LogP contribution in [0.1, 0.15) is 33.3 Å². The summed E-state index contributed by atoms with van der Waals surface area (Å²) in [6.07, 6.45) is 0. The number of rotatable bonds is 4. The van der Waals surface area contributed by atoms with Crippen molar-refractivity contribution in [2.75, 3.05) is 13.1 Å². The van der Waals surface area contributed by atoms with Gasteiger partial charge in [0.15, 0.2) is 0 Å². The van der Waals surface area contributed by atoms with Crippen molar-refractivity contribution >= 4 is 17.5 Å². The number of hydrogen-bond acceptors (Lipinski definition) is 1. The Hall–Kier alpha value is -1.02. The van der Waals surface area contributed by atoms with E-state index in [9.17, 15) is 4.79 Å². The summed E-state index contributed by atoms with van der Waals surface area (Å²) in [7, 11) is 0.